The van der Waals surface area contributed by atoms with Crippen LogP contribution in [0, 0.1) is 12.8 Å². The van der Waals surface area contributed by atoms with Crippen molar-refractivity contribution >= 4 is 29.0 Å². The molecular formula is C18H26N3O3S-. The Bertz CT molecular complexity index is 654. The van der Waals surface area contributed by atoms with Crippen molar-refractivity contribution < 1.29 is 14.3 Å². The molecule has 1 aliphatic rings. The van der Waals surface area contributed by atoms with Crippen molar-refractivity contribution in [1.29, 1.82) is 0 Å². The summed E-state index contributed by atoms with van der Waals surface area (Å²) in [6, 6.07) is 2.22. The molecule has 0 saturated heterocycles. The van der Waals surface area contributed by atoms with Crippen molar-refractivity contribution in [2.24, 2.45) is 11.0 Å². The summed E-state index contributed by atoms with van der Waals surface area (Å²) in [6.07, 6.45) is 5.13. The third-order valence-electron chi connectivity index (χ3n) is 4.69. The maximum Gasteiger partial charge on any atom is 0.187 e. The lowest BCUT2D eigenvalue weighted by atomic mass is 9.86. The number of hydrogen-bond acceptors (Lipinski definition) is 5. The lowest BCUT2D eigenvalue weighted by Gasteiger charge is -2.30. The van der Waals surface area contributed by atoms with Gasteiger partial charge in [0.2, 0.25) is 0 Å². The topological polar surface area (TPSA) is 89.7 Å². The molecule has 0 aromatic carbocycles. The monoisotopic (exact) mass is 364 g/mol. The summed E-state index contributed by atoms with van der Waals surface area (Å²) in [7, 11) is 0. The fourth-order valence-corrected chi connectivity index (χ4v) is 3.37. The van der Waals surface area contributed by atoms with Gasteiger partial charge in [0, 0.05) is 24.0 Å². The largest absolute Gasteiger partial charge is 0.550 e. The van der Waals surface area contributed by atoms with Gasteiger partial charge in [0.1, 0.15) is 11.5 Å². The van der Waals surface area contributed by atoms with Gasteiger partial charge >= 0.3 is 0 Å². The molecule has 1 heterocycles. The van der Waals surface area contributed by atoms with Crippen molar-refractivity contribution in [3.05, 3.63) is 23.2 Å². The van der Waals surface area contributed by atoms with E-state index in [0.717, 1.165) is 17.7 Å². The number of carboxylic acid groups (broad SMARTS) is 1. The van der Waals surface area contributed by atoms with Crippen LogP contribution < -0.4 is 15.8 Å². The average molecular weight is 364 g/mol. The number of rotatable bonds is 6. The maximum absolute atomic E-state index is 10.6. The Balaban J connectivity index is 1.91. The van der Waals surface area contributed by atoms with E-state index in [2.05, 4.69) is 22.8 Å². The summed E-state index contributed by atoms with van der Waals surface area (Å²) in [4.78, 5) is 10.6. The van der Waals surface area contributed by atoms with Crippen molar-refractivity contribution in [1.82, 2.24) is 10.7 Å². The number of nitrogens with zero attached hydrogens (tertiary/aromatic N) is 1. The van der Waals surface area contributed by atoms with Crippen LogP contribution in [0.25, 0.3) is 0 Å². The Kier molecular flexibility index (Phi) is 6.99. The SMILES string of the molecule is C/C(=N/NC(=S)N[C@@H]1CCCC[C@H]1C)c1cc(CCC(=O)[O-])oc1C. The smallest absolute Gasteiger partial charge is 0.187 e. The third kappa shape index (κ3) is 5.85. The van der Waals surface area contributed by atoms with Gasteiger partial charge in [0.05, 0.1) is 5.71 Å². The molecule has 0 radical (unpaired) electrons. The fraction of sp³-hybridized carbons (Fsp3) is 0.611. The first-order valence-corrected chi connectivity index (χ1v) is 9.18. The second-order valence-electron chi connectivity index (χ2n) is 6.71. The molecule has 1 aromatic heterocycles. The van der Waals surface area contributed by atoms with Gasteiger partial charge in [-0.3, -0.25) is 5.43 Å². The van der Waals surface area contributed by atoms with Gasteiger partial charge in [0.25, 0.3) is 0 Å². The van der Waals surface area contributed by atoms with Crippen LogP contribution >= 0.6 is 12.2 Å². The van der Waals surface area contributed by atoms with Crippen LogP contribution in [-0.2, 0) is 11.2 Å². The lowest BCUT2D eigenvalue weighted by molar-refractivity contribution is -0.305. The van der Waals surface area contributed by atoms with Crippen molar-refractivity contribution in [3.63, 3.8) is 0 Å². The number of furan rings is 1. The second-order valence-corrected chi connectivity index (χ2v) is 7.11. The van der Waals surface area contributed by atoms with E-state index >= 15 is 0 Å². The number of nitrogens with one attached hydrogen (secondary N) is 2. The fourth-order valence-electron chi connectivity index (χ4n) is 3.18. The Hall–Kier alpha value is -1.89. The number of hydrazone groups is 1. The zero-order valence-corrected chi connectivity index (χ0v) is 15.9. The van der Waals surface area contributed by atoms with Crippen LogP contribution in [0.4, 0.5) is 0 Å². The molecule has 0 amide bonds. The molecule has 2 rings (SSSR count). The zero-order chi connectivity index (χ0) is 18.4. The Morgan fingerprint density at radius 3 is 2.84 bits per heavy atom. The van der Waals surface area contributed by atoms with Crippen molar-refractivity contribution in [2.75, 3.05) is 0 Å². The number of aliphatic carboxylic acids is 1. The number of hydrogen-bond donors (Lipinski definition) is 2. The van der Waals surface area contributed by atoms with Crippen LogP contribution in [0.3, 0.4) is 0 Å². The number of aryl methyl sites for hydroxylation is 2. The molecule has 0 bridgehead atoms. The van der Waals surface area contributed by atoms with Gasteiger partial charge in [-0.15, -0.1) is 0 Å². The highest BCUT2D eigenvalue weighted by Crippen LogP contribution is 2.23. The maximum atomic E-state index is 10.6. The average Bonchev–Trinajstić information content (AvgIpc) is 2.94. The highest BCUT2D eigenvalue weighted by Gasteiger charge is 2.21. The molecule has 1 aromatic rings. The van der Waals surface area contributed by atoms with E-state index in [1.165, 1.54) is 19.3 Å². The van der Waals surface area contributed by atoms with Gasteiger partial charge in [-0.1, -0.05) is 19.8 Å². The highest BCUT2D eigenvalue weighted by molar-refractivity contribution is 7.80. The number of carboxylic acids is 1. The molecule has 25 heavy (non-hydrogen) atoms. The molecule has 1 saturated carbocycles. The Morgan fingerprint density at radius 1 is 1.44 bits per heavy atom. The van der Waals surface area contributed by atoms with E-state index in [-0.39, 0.29) is 6.42 Å². The summed E-state index contributed by atoms with van der Waals surface area (Å²) in [5.74, 6) is 0.844. The lowest BCUT2D eigenvalue weighted by Crippen LogP contribution is -2.44. The molecular weight excluding hydrogens is 338 g/mol. The van der Waals surface area contributed by atoms with Crippen LogP contribution in [0.15, 0.2) is 15.6 Å². The molecule has 2 N–H and O–H groups in total. The zero-order valence-electron chi connectivity index (χ0n) is 15.1. The normalized spacial score (nSPS) is 21.0. The van der Waals surface area contributed by atoms with Crippen LogP contribution in [0.2, 0.25) is 0 Å². The molecule has 1 aliphatic carbocycles. The van der Waals surface area contributed by atoms with E-state index in [1.54, 1.807) is 0 Å². The summed E-state index contributed by atoms with van der Waals surface area (Å²) < 4.78 is 5.58. The molecule has 0 aliphatic heterocycles. The third-order valence-corrected chi connectivity index (χ3v) is 4.90. The van der Waals surface area contributed by atoms with E-state index in [4.69, 9.17) is 16.6 Å². The van der Waals surface area contributed by atoms with E-state index < -0.39 is 5.97 Å². The number of carbonyl (C=O) groups is 1. The summed E-state index contributed by atoms with van der Waals surface area (Å²) in [5, 5.41) is 18.8. The standard InChI is InChI=1S/C18H27N3O3S/c1-11-6-4-5-7-16(11)19-18(25)21-20-12(2)15-10-14(24-13(15)3)8-9-17(22)23/h10-11,16H,4-9H2,1-3H3,(H,22,23)(H2,19,21,25)/p-1/b20-12-/t11-,16-/m1/s1. The molecule has 0 spiro atoms. The predicted molar refractivity (Wildman–Crippen MR) is 99.3 cm³/mol. The Labute approximate surface area is 154 Å². The Morgan fingerprint density at radius 2 is 2.16 bits per heavy atom. The highest BCUT2D eigenvalue weighted by atomic mass is 32.1. The minimum absolute atomic E-state index is 0.0611. The first-order valence-electron chi connectivity index (χ1n) is 8.77. The van der Waals surface area contributed by atoms with Gasteiger partial charge in [0.15, 0.2) is 5.11 Å². The molecule has 138 valence electrons. The summed E-state index contributed by atoms with van der Waals surface area (Å²) >= 11 is 5.34. The quantitative estimate of drug-likeness (QED) is 0.456. The minimum Gasteiger partial charge on any atom is -0.550 e. The van der Waals surface area contributed by atoms with Gasteiger partial charge in [-0.05, 0) is 57.3 Å². The van der Waals surface area contributed by atoms with Gasteiger partial charge in [-0.2, -0.15) is 5.10 Å². The molecule has 1 fully saturated rings. The number of carbonyl (C=O) groups excluding carboxylic acids is 1. The van der Waals surface area contributed by atoms with Crippen molar-refractivity contribution in [2.45, 2.75) is 65.3 Å². The van der Waals surface area contributed by atoms with Gasteiger partial charge < -0.3 is 19.6 Å². The van der Waals surface area contributed by atoms with Gasteiger partial charge in [-0.25, -0.2) is 0 Å². The summed E-state index contributed by atoms with van der Waals surface area (Å²) in [6.45, 7) is 5.94. The second kappa shape index (κ2) is 8.99. The van der Waals surface area contributed by atoms with E-state index in [9.17, 15) is 9.90 Å². The van der Waals surface area contributed by atoms with E-state index in [0.29, 0.717) is 35.0 Å². The molecule has 6 nitrogen and oxygen atoms in total. The van der Waals surface area contributed by atoms with Crippen LogP contribution in [-0.4, -0.2) is 22.8 Å². The molecule has 2 atom stereocenters. The van der Waals surface area contributed by atoms with E-state index in [1.807, 2.05) is 19.9 Å². The molecule has 0 unspecified atom stereocenters. The predicted octanol–water partition coefficient (Wildman–Crippen LogP) is 2.04. The first kappa shape index (κ1) is 19.4. The molecule has 7 heteroatoms. The van der Waals surface area contributed by atoms with Crippen LogP contribution in [0.1, 0.15) is 63.0 Å². The number of thiocarbonyl (C=S) groups is 1. The first-order chi connectivity index (χ1) is 11.9. The minimum atomic E-state index is -1.09. The van der Waals surface area contributed by atoms with Crippen molar-refractivity contribution in [3.8, 4) is 0 Å². The van der Waals surface area contributed by atoms with Crippen LogP contribution in [0.5, 0.6) is 0 Å². The summed E-state index contributed by atoms with van der Waals surface area (Å²) in [5.41, 5.74) is 4.48.